The van der Waals surface area contributed by atoms with E-state index in [4.69, 9.17) is 4.74 Å². The van der Waals surface area contributed by atoms with Crippen molar-refractivity contribution in [3.8, 4) is 0 Å². The summed E-state index contributed by atoms with van der Waals surface area (Å²) in [6, 6.07) is -0.806. The van der Waals surface area contributed by atoms with Crippen molar-refractivity contribution in [2.45, 2.75) is 58.1 Å². The van der Waals surface area contributed by atoms with E-state index in [2.05, 4.69) is 5.32 Å². The molecule has 0 aromatic carbocycles. The van der Waals surface area contributed by atoms with Gasteiger partial charge in [0.05, 0.1) is 12.1 Å². The standard InChI is InChI=1S/C15H22N2O4/c1-3-15(4-2)12(18)16-14(20)17(13(15)19)10-7-8-21-11(10)9-5-6-9/h9-11H,3-8H2,1-2H3,(H,16,18,20). The second kappa shape index (κ2) is 5.09. The molecule has 0 bridgehead atoms. The predicted octanol–water partition coefficient (Wildman–Crippen LogP) is 1.44. The van der Waals surface area contributed by atoms with Crippen LogP contribution in [0.1, 0.15) is 46.0 Å². The van der Waals surface area contributed by atoms with E-state index in [1.54, 1.807) is 0 Å². The van der Waals surface area contributed by atoms with Crippen molar-refractivity contribution in [1.82, 2.24) is 10.2 Å². The Morgan fingerprint density at radius 1 is 1.19 bits per heavy atom. The minimum atomic E-state index is -1.11. The molecule has 3 fully saturated rings. The van der Waals surface area contributed by atoms with Crippen molar-refractivity contribution in [3.63, 3.8) is 0 Å². The van der Waals surface area contributed by atoms with Gasteiger partial charge in [0.2, 0.25) is 11.8 Å². The van der Waals surface area contributed by atoms with Gasteiger partial charge in [-0.15, -0.1) is 0 Å². The number of nitrogens with zero attached hydrogens (tertiary/aromatic N) is 1. The minimum Gasteiger partial charge on any atom is -0.376 e. The molecular weight excluding hydrogens is 272 g/mol. The molecular formula is C15H22N2O4. The lowest BCUT2D eigenvalue weighted by molar-refractivity contribution is -0.154. The van der Waals surface area contributed by atoms with E-state index in [9.17, 15) is 14.4 Å². The maximum absolute atomic E-state index is 12.9. The Balaban J connectivity index is 1.91. The van der Waals surface area contributed by atoms with Crippen LogP contribution in [0.2, 0.25) is 0 Å². The van der Waals surface area contributed by atoms with Gasteiger partial charge in [-0.05, 0) is 38.0 Å². The van der Waals surface area contributed by atoms with Crippen molar-refractivity contribution in [2.75, 3.05) is 6.61 Å². The lowest BCUT2D eigenvalue weighted by Crippen LogP contribution is -2.67. The topological polar surface area (TPSA) is 75.7 Å². The third-order valence-corrected chi connectivity index (χ3v) is 5.23. The number of urea groups is 1. The highest BCUT2D eigenvalue weighted by molar-refractivity contribution is 6.19. The highest BCUT2D eigenvalue weighted by Gasteiger charge is 2.56. The molecule has 6 heteroatoms. The summed E-state index contributed by atoms with van der Waals surface area (Å²) < 4.78 is 5.74. The van der Waals surface area contributed by atoms with Crippen LogP contribution >= 0.6 is 0 Å². The number of rotatable bonds is 4. The average Bonchev–Trinajstić information content (AvgIpc) is 3.19. The smallest absolute Gasteiger partial charge is 0.331 e. The fraction of sp³-hybridized carbons (Fsp3) is 0.800. The molecule has 0 aromatic heterocycles. The van der Waals surface area contributed by atoms with Gasteiger partial charge in [0, 0.05) is 6.61 Å². The highest BCUT2D eigenvalue weighted by atomic mass is 16.5. The molecule has 2 aliphatic heterocycles. The van der Waals surface area contributed by atoms with Crippen LogP contribution in [0.15, 0.2) is 0 Å². The molecule has 1 N–H and O–H groups in total. The summed E-state index contributed by atoms with van der Waals surface area (Å²) >= 11 is 0. The molecule has 21 heavy (non-hydrogen) atoms. The number of carbonyl (C=O) groups is 3. The van der Waals surface area contributed by atoms with Crippen LogP contribution < -0.4 is 5.32 Å². The van der Waals surface area contributed by atoms with Crippen LogP contribution in [0.4, 0.5) is 4.79 Å². The Labute approximate surface area is 124 Å². The number of hydrogen-bond acceptors (Lipinski definition) is 4. The van der Waals surface area contributed by atoms with Crippen molar-refractivity contribution in [2.24, 2.45) is 11.3 Å². The lowest BCUT2D eigenvalue weighted by Gasteiger charge is -2.41. The number of hydrogen-bond donors (Lipinski definition) is 1. The second-order valence-corrected chi connectivity index (χ2v) is 6.25. The van der Waals surface area contributed by atoms with Crippen molar-refractivity contribution < 1.29 is 19.1 Å². The Morgan fingerprint density at radius 2 is 1.86 bits per heavy atom. The van der Waals surface area contributed by atoms with E-state index in [0.717, 1.165) is 12.8 Å². The number of ether oxygens (including phenoxy) is 1. The number of imide groups is 2. The fourth-order valence-electron chi connectivity index (χ4n) is 3.62. The van der Waals surface area contributed by atoms with E-state index < -0.39 is 17.4 Å². The van der Waals surface area contributed by atoms with Crippen LogP contribution in [-0.2, 0) is 14.3 Å². The van der Waals surface area contributed by atoms with Gasteiger partial charge in [-0.1, -0.05) is 13.8 Å². The predicted molar refractivity (Wildman–Crippen MR) is 74.3 cm³/mol. The summed E-state index contributed by atoms with van der Waals surface area (Å²) in [7, 11) is 0. The molecule has 0 aromatic rings. The van der Waals surface area contributed by atoms with Gasteiger partial charge in [0.15, 0.2) is 0 Å². The molecule has 3 rings (SSSR count). The van der Waals surface area contributed by atoms with Crippen LogP contribution in [0.5, 0.6) is 0 Å². The summed E-state index contributed by atoms with van der Waals surface area (Å²) in [6.07, 6.45) is 3.60. The average molecular weight is 294 g/mol. The number of carbonyl (C=O) groups excluding carboxylic acids is 3. The van der Waals surface area contributed by atoms with E-state index in [0.29, 0.717) is 31.8 Å². The molecule has 116 valence electrons. The zero-order valence-corrected chi connectivity index (χ0v) is 12.6. The van der Waals surface area contributed by atoms with Gasteiger partial charge in [0.25, 0.3) is 0 Å². The van der Waals surface area contributed by atoms with Gasteiger partial charge in [0.1, 0.15) is 5.41 Å². The van der Waals surface area contributed by atoms with E-state index in [-0.39, 0.29) is 18.1 Å². The van der Waals surface area contributed by atoms with Crippen molar-refractivity contribution in [3.05, 3.63) is 0 Å². The first kappa shape index (κ1) is 14.5. The zero-order chi connectivity index (χ0) is 15.2. The fourth-order valence-corrected chi connectivity index (χ4v) is 3.62. The monoisotopic (exact) mass is 294 g/mol. The first-order valence-electron chi connectivity index (χ1n) is 7.85. The molecule has 2 heterocycles. The van der Waals surface area contributed by atoms with Gasteiger partial charge < -0.3 is 4.74 Å². The Hall–Kier alpha value is -1.43. The van der Waals surface area contributed by atoms with Gasteiger partial charge in [-0.3, -0.25) is 19.8 Å². The quantitative estimate of drug-likeness (QED) is 0.796. The van der Waals surface area contributed by atoms with E-state index in [1.165, 1.54) is 4.90 Å². The summed E-state index contributed by atoms with van der Waals surface area (Å²) in [5.41, 5.74) is -1.11. The maximum Gasteiger partial charge on any atom is 0.331 e. The van der Waals surface area contributed by atoms with Crippen LogP contribution in [0, 0.1) is 11.3 Å². The zero-order valence-electron chi connectivity index (χ0n) is 12.6. The maximum atomic E-state index is 12.9. The van der Waals surface area contributed by atoms with Gasteiger partial charge >= 0.3 is 6.03 Å². The van der Waals surface area contributed by atoms with Crippen molar-refractivity contribution in [1.29, 1.82) is 0 Å². The Bertz CT molecular complexity index is 482. The number of barbiturate groups is 1. The molecule has 2 unspecified atom stereocenters. The summed E-state index contributed by atoms with van der Waals surface area (Å²) in [4.78, 5) is 38.6. The summed E-state index contributed by atoms with van der Waals surface area (Å²) in [5.74, 6) is -0.351. The largest absolute Gasteiger partial charge is 0.376 e. The molecule has 2 atom stereocenters. The lowest BCUT2D eigenvalue weighted by atomic mass is 9.78. The third-order valence-electron chi connectivity index (χ3n) is 5.23. The first-order chi connectivity index (χ1) is 10.0. The summed E-state index contributed by atoms with van der Waals surface area (Å²) in [6.45, 7) is 4.21. The molecule has 1 saturated carbocycles. The number of nitrogens with one attached hydrogen (secondary N) is 1. The number of amides is 4. The molecule has 0 radical (unpaired) electrons. The highest BCUT2D eigenvalue weighted by Crippen LogP contribution is 2.42. The first-order valence-corrected chi connectivity index (χ1v) is 7.85. The van der Waals surface area contributed by atoms with Crippen LogP contribution in [-0.4, -0.2) is 41.5 Å². The van der Waals surface area contributed by atoms with Crippen LogP contribution in [0.25, 0.3) is 0 Å². The Kier molecular flexibility index (Phi) is 3.51. The molecule has 2 saturated heterocycles. The van der Waals surface area contributed by atoms with E-state index in [1.807, 2.05) is 13.8 Å². The van der Waals surface area contributed by atoms with Crippen molar-refractivity contribution >= 4 is 17.8 Å². The third kappa shape index (κ3) is 2.08. The van der Waals surface area contributed by atoms with Gasteiger partial charge in [-0.25, -0.2) is 4.79 Å². The molecule has 1 aliphatic carbocycles. The second-order valence-electron chi connectivity index (χ2n) is 6.25. The minimum absolute atomic E-state index is 0.0562. The van der Waals surface area contributed by atoms with Crippen LogP contribution in [0.3, 0.4) is 0 Å². The normalized spacial score (nSPS) is 32.5. The Morgan fingerprint density at radius 3 is 2.43 bits per heavy atom. The van der Waals surface area contributed by atoms with E-state index >= 15 is 0 Å². The molecule has 4 amide bonds. The SMILES string of the molecule is CCC1(CC)C(=O)NC(=O)N(C2CCOC2C2CC2)C1=O. The molecule has 6 nitrogen and oxygen atoms in total. The summed E-state index contributed by atoms with van der Waals surface area (Å²) in [5, 5.41) is 2.38. The molecule has 0 spiro atoms. The molecule has 3 aliphatic rings. The van der Waals surface area contributed by atoms with Gasteiger partial charge in [-0.2, -0.15) is 0 Å².